The summed E-state index contributed by atoms with van der Waals surface area (Å²) in [6.07, 6.45) is 0. The van der Waals surface area contributed by atoms with Crippen LogP contribution >= 0.6 is 11.3 Å². The van der Waals surface area contributed by atoms with E-state index in [-0.39, 0.29) is 44.2 Å². The van der Waals surface area contributed by atoms with Gasteiger partial charge in [0, 0.05) is 23.2 Å². The highest BCUT2D eigenvalue weighted by Gasteiger charge is 2.35. The zero-order valence-electron chi connectivity index (χ0n) is 16.5. The maximum atomic E-state index is 13.0. The number of thiophene rings is 1. The lowest BCUT2D eigenvalue weighted by atomic mass is 10.0. The Morgan fingerprint density at radius 2 is 1.80 bits per heavy atom. The first-order valence-electron chi connectivity index (χ1n) is 9.30. The van der Waals surface area contributed by atoms with Gasteiger partial charge in [-0.05, 0) is 66.8 Å². The molecule has 0 saturated heterocycles. The van der Waals surface area contributed by atoms with E-state index in [1.807, 2.05) is 35.8 Å². The summed E-state index contributed by atoms with van der Waals surface area (Å²) in [5.74, 6) is -0.742. The molecule has 1 N–H and O–H groups in total. The standard InChI is InChI=1S/C22H20N2O4S2/c1-24(2)18(15-9-10-29-13-15)12-23-22(26)14-7-8-17-20(11-14)30(27,28)19-6-4-3-5-16(19)21(17)25/h3-11,13,18H,12H2,1-2H3,(H,23,26). The second-order valence-electron chi connectivity index (χ2n) is 7.29. The molecule has 0 fully saturated rings. The smallest absolute Gasteiger partial charge is 0.251 e. The number of fused-ring (bicyclic) bond motifs is 2. The Balaban J connectivity index is 1.62. The number of sulfone groups is 1. The molecular formula is C22H20N2O4S2. The fourth-order valence-corrected chi connectivity index (χ4v) is 5.96. The third-order valence-electron chi connectivity index (χ3n) is 5.21. The van der Waals surface area contributed by atoms with Crippen LogP contribution in [0.5, 0.6) is 0 Å². The molecule has 1 unspecified atom stereocenters. The molecule has 8 heteroatoms. The average Bonchev–Trinajstić information content (AvgIpc) is 3.26. The van der Waals surface area contributed by atoms with Gasteiger partial charge in [-0.25, -0.2) is 8.42 Å². The molecule has 1 aliphatic rings. The third kappa shape index (κ3) is 3.47. The van der Waals surface area contributed by atoms with Gasteiger partial charge in [0.1, 0.15) is 0 Å². The quantitative estimate of drug-likeness (QED) is 0.515. The van der Waals surface area contributed by atoms with Crippen molar-refractivity contribution in [2.75, 3.05) is 20.6 Å². The topological polar surface area (TPSA) is 83.6 Å². The summed E-state index contributed by atoms with van der Waals surface area (Å²) in [4.78, 5) is 27.3. The van der Waals surface area contributed by atoms with Gasteiger partial charge < -0.3 is 10.2 Å². The summed E-state index contributed by atoms with van der Waals surface area (Å²) in [6.45, 7) is 0.369. The molecule has 0 aliphatic carbocycles. The Morgan fingerprint density at radius 3 is 2.50 bits per heavy atom. The first-order chi connectivity index (χ1) is 14.3. The van der Waals surface area contributed by atoms with Crippen LogP contribution in [0.2, 0.25) is 0 Å². The maximum absolute atomic E-state index is 13.0. The molecule has 1 amide bonds. The molecule has 3 aromatic rings. The van der Waals surface area contributed by atoms with Crippen LogP contribution in [0.15, 0.2) is 69.1 Å². The predicted octanol–water partition coefficient (Wildman–Crippen LogP) is 3.16. The van der Waals surface area contributed by atoms with Gasteiger partial charge in [-0.2, -0.15) is 11.3 Å². The third-order valence-corrected chi connectivity index (χ3v) is 7.76. The van der Waals surface area contributed by atoms with E-state index in [9.17, 15) is 18.0 Å². The van der Waals surface area contributed by atoms with E-state index in [1.165, 1.54) is 30.3 Å². The molecule has 0 saturated carbocycles. The number of hydrogen-bond acceptors (Lipinski definition) is 6. The lowest BCUT2D eigenvalue weighted by Gasteiger charge is -2.24. The van der Waals surface area contributed by atoms with Crippen molar-refractivity contribution < 1.29 is 18.0 Å². The highest BCUT2D eigenvalue weighted by atomic mass is 32.2. The lowest BCUT2D eigenvalue weighted by Crippen LogP contribution is -2.34. The van der Waals surface area contributed by atoms with Gasteiger partial charge >= 0.3 is 0 Å². The van der Waals surface area contributed by atoms with Gasteiger partial charge in [0.15, 0.2) is 5.78 Å². The molecule has 1 atom stereocenters. The summed E-state index contributed by atoms with van der Waals surface area (Å²) in [5, 5.41) is 6.89. The monoisotopic (exact) mass is 440 g/mol. The molecular weight excluding hydrogens is 420 g/mol. The van der Waals surface area contributed by atoms with Crippen LogP contribution in [0, 0.1) is 0 Å². The van der Waals surface area contributed by atoms with Gasteiger partial charge in [0.05, 0.1) is 15.8 Å². The second kappa shape index (κ2) is 7.79. The summed E-state index contributed by atoms with van der Waals surface area (Å²) in [5.41, 5.74) is 1.55. The molecule has 2 aromatic carbocycles. The van der Waals surface area contributed by atoms with Gasteiger partial charge in [0.25, 0.3) is 5.91 Å². The van der Waals surface area contributed by atoms with Gasteiger partial charge in [-0.15, -0.1) is 0 Å². The van der Waals surface area contributed by atoms with Crippen molar-refractivity contribution in [3.05, 3.63) is 81.5 Å². The van der Waals surface area contributed by atoms with Gasteiger partial charge in [-0.1, -0.05) is 12.1 Å². The van der Waals surface area contributed by atoms with Crippen LogP contribution in [0.1, 0.15) is 37.9 Å². The summed E-state index contributed by atoms with van der Waals surface area (Å²) in [7, 11) is -0.0111. The minimum Gasteiger partial charge on any atom is -0.350 e. The summed E-state index contributed by atoms with van der Waals surface area (Å²) < 4.78 is 26.1. The van der Waals surface area contributed by atoms with Crippen LogP contribution in [0.3, 0.4) is 0 Å². The minimum absolute atomic E-state index is 0.00462. The maximum Gasteiger partial charge on any atom is 0.251 e. The first kappa shape index (κ1) is 20.5. The van der Waals surface area contributed by atoms with Crippen LogP contribution < -0.4 is 5.32 Å². The van der Waals surface area contributed by atoms with Crippen molar-refractivity contribution in [3.8, 4) is 0 Å². The average molecular weight is 441 g/mol. The van der Waals surface area contributed by atoms with Crippen LogP contribution in [-0.4, -0.2) is 45.6 Å². The van der Waals surface area contributed by atoms with Crippen molar-refractivity contribution in [1.29, 1.82) is 0 Å². The van der Waals surface area contributed by atoms with Crippen molar-refractivity contribution in [2.24, 2.45) is 0 Å². The number of hydrogen-bond donors (Lipinski definition) is 1. The molecule has 0 spiro atoms. The first-order valence-corrected chi connectivity index (χ1v) is 11.7. The molecule has 154 valence electrons. The zero-order chi connectivity index (χ0) is 21.5. The number of ketones is 1. The molecule has 1 aromatic heterocycles. The van der Waals surface area contributed by atoms with Gasteiger partial charge in [0.2, 0.25) is 9.84 Å². The summed E-state index contributed by atoms with van der Waals surface area (Å²) in [6, 6.07) is 12.3. The highest BCUT2D eigenvalue weighted by Crippen LogP contribution is 2.34. The Labute approximate surface area is 179 Å². The fraction of sp³-hybridized carbons (Fsp3) is 0.182. The Bertz CT molecular complexity index is 1230. The molecule has 0 bridgehead atoms. The Hall–Kier alpha value is -2.81. The normalized spacial score (nSPS) is 15.4. The Morgan fingerprint density at radius 1 is 1.07 bits per heavy atom. The molecule has 6 nitrogen and oxygen atoms in total. The predicted molar refractivity (Wildman–Crippen MR) is 115 cm³/mol. The number of carbonyl (C=O) groups is 2. The number of nitrogens with zero attached hydrogens (tertiary/aromatic N) is 1. The van der Waals surface area contributed by atoms with E-state index in [0.717, 1.165) is 5.56 Å². The number of carbonyl (C=O) groups excluding carboxylic acids is 2. The van der Waals surface area contributed by atoms with Crippen LogP contribution in [0.25, 0.3) is 0 Å². The SMILES string of the molecule is CN(C)C(CNC(=O)c1ccc2c(c1)S(=O)(=O)c1ccccc1C2=O)c1ccsc1. The van der Waals surface area contributed by atoms with E-state index in [2.05, 4.69) is 5.32 Å². The van der Waals surface area contributed by atoms with Gasteiger partial charge in [-0.3, -0.25) is 9.59 Å². The number of amides is 1. The van der Waals surface area contributed by atoms with Crippen molar-refractivity contribution in [3.63, 3.8) is 0 Å². The van der Waals surface area contributed by atoms with Crippen LogP contribution in [-0.2, 0) is 9.84 Å². The molecule has 0 radical (unpaired) electrons. The molecule has 2 heterocycles. The van der Waals surface area contributed by atoms with E-state index in [0.29, 0.717) is 6.54 Å². The van der Waals surface area contributed by atoms with Crippen molar-refractivity contribution in [2.45, 2.75) is 15.8 Å². The fourth-order valence-electron chi connectivity index (χ4n) is 3.58. The van der Waals surface area contributed by atoms with Crippen LogP contribution in [0.4, 0.5) is 0 Å². The zero-order valence-corrected chi connectivity index (χ0v) is 18.1. The number of benzene rings is 2. The number of rotatable bonds is 5. The van der Waals surface area contributed by atoms with Crippen molar-refractivity contribution in [1.82, 2.24) is 10.2 Å². The minimum atomic E-state index is -3.88. The molecule has 1 aliphatic heterocycles. The van der Waals surface area contributed by atoms with E-state index in [4.69, 9.17) is 0 Å². The number of nitrogens with one attached hydrogen (secondary N) is 1. The molecule has 30 heavy (non-hydrogen) atoms. The van der Waals surface area contributed by atoms with E-state index >= 15 is 0 Å². The molecule has 4 rings (SSSR count). The van der Waals surface area contributed by atoms with E-state index in [1.54, 1.807) is 23.5 Å². The van der Waals surface area contributed by atoms with Crippen molar-refractivity contribution >= 4 is 32.9 Å². The Kier molecular flexibility index (Phi) is 5.31. The highest BCUT2D eigenvalue weighted by molar-refractivity contribution is 7.91. The lowest BCUT2D eigenvalue weighted by molar-refractivity contribution is 0.0940. The summed E-state index contributed by atoms with van der Waals surface area (Å²) >= 11 is 1.59. The van der Waals surface area contributed by atoms with E-state index < -0.39 is 9.84 Å². The second-order valence-corrected chi connectivity index (χ2v) is 9.95. The largest absolute Gasteiger partial charge is 0.350 e. The number of likely N-dealkylation sites (N-methyl/N-ethyl adjacent to an activating group) is 1.